The van der Waals surface area contributed by atoms with Gasteiger partial charge in [-0.15, -0.1) is 0 Å². The van der Waals surface area contributed by atoms with Crippen molar-refractivity contribution in [2.24, 2.45) is 11.7 Å². The van der Waals surface area contributed by atoms with Gasteiger partial charge in [0.15, 0.2) is 0 Å². The van der Waals surface area contributed by atoms with E-state index in [2.05, 4.69) is 5.32 Å². The number of piperidine rings is 1. The van der Waals surface area contributed by atoms with Crippen molar-refractivity contribution in [3.8, 4) is 0 Å². The molecule has 0 aromatic rings. The number of nitrogens with two attached hydrogens (primary N) is 1. The van der Waals surface area contributed by atoms with E-state index in [1.165, 1.54) is 6.92 Å². The molecule has 0 spiro atoms. The number of likely N-dealkylation sites (tertiary alicyclic amines) is 1. The molecular weight excluding hydrogens is 254 g/mol. The summed E-state index contributed by atoms with van der Waals surface area (Å²) in [7, 11) is 0. The van der Waals surface area contributed by atoms with E-state index in [-0.39, 0.29) is 29.8 Å². The summed E-state index contributed by atoms with van der Waals surface area (Å²) in [5, 5.41) is 2.93. The summed E-state index contributed by atoms with van der Waals surface area (Å²) < 4.78 is 0. The number of hydrogen-bond donors (Lipinski definition) is 2. The standard InChI is InChI=1S/C15H29N3O2/c1-11(5-4-6-12(2)16)15(20)18-9-7-14(8-10-18)17-13(3)19/h11-12,14H,4-10,16H2,1-3H3,(H,17,19). The molecule has 20 heavy (non-hydrogen) atoms. The van der Waals surface area contributed by atoms with Crippen molar-refractivity contribution in [3.05, 3.63) is 0 Å². The zero-order valence-electron chi connectivity index (χ0n) is 13.0. The summed E-state index contributed by atoms with van der Waals surface area (Å²) >= 11 is 0. The van der Waals surface area contributed by atoms with E-state index >= 15 is 0 Å². The van der Waals surface area contributed by atoms with Gasteiger partial charge in [0.25, 0.3) is 0 Å². The van der Waals surface area contributed by atoms with Gasteiger partial charge in [-0.3, -0.25) is 9.59 Å². The van der Waals surface area contributed by atoms with Crippen LogP contribution in [0.2, 0.25) is 0 Å². The van der Waals surface area contributed by atoms with Gasteiger partial charge in [0.2, 0.25) is 11.8 Å². The van der Waals surface area contributed by atoms with Gasteiger partial charge in [0, 0.05) is 38.0 Å². The quantitative estimate of drug-likeness (QED) is 0.770. The lowest BCUT2D eigenvalue weighted by atomic mass is 9.98. The fourth-order valence-electron chi connectivity index (χ4n) is 2.71. The Bertz CT molecular complexity index is 323. The van der Waals surface area contributed by atoms with Crippen LogP contribution in [0.1, 0.15) is 52.9 Å². The molecule has 1 fully saturated rings. The van der Waals surface area contributed by atoms with Crippen LogP contribution in [0.15, 0.2) is 0 Å². The van der Waals surface area contributed by atoms with Gasteiger partial charge in [-0.25, -0.2) is 0 Å². The number of amides is 2. The van der Waals surface area contributed by atoms with Crippen LogP contribution in [0.3, 0.4) is 0 Å². The summed E-state index contributed by atoms with van der Waals surface area (Å²) in [6.07, 6.45) is 4.61. The van der Waals surface area contributed by atoms with E-state index < -0.39 is 0 Å². The Morgan fingerprint density at radius 3 is 2.35 bits per heavy atom. The Morgan fingerprint density at radius 1 is 1.25 bits per heavy atom. The zero-order chi connectivity index (χ0) is 15.1. The maximum absolute atomic E-state index is 12.3. The highest BCUT2D eigenvalue weighted by Gasteiger charge is 2.25. The number of hydrogen-bond acceptors (Lipinski definition) is 3. The Hall–Kier alpha value is -1.10. The Labute approximate surface area is 122 Å². The van der Waals surface area contributed by atoms with Crippen molar-refractivity contribution in [1.82, 2.24) is 10.2 Å². The molecule has 2 atom stereocenters. The molecule has 1 aliphatic rings. The van der Waals surface area contributed by atoms with Gasteiger partial charge < -0.3 is 16.0 Å². The summed E-state index contributed by atoms with van der Waals surface area (Å²) in [5.41, 5.74) is 5.72. The van der Waals surface area contributed by atoms with Crippen LogP contribution in [-0.4, -0.2) is 41.9 Å². The van der Waals surface area contributed by atoms with Gasteiger partial charge in [-0.1, -0.05) is 13.3 Å². The van der Waals surface area contributed by atoms with Crippen molar-refractivity contribution in [2.45, 2.75) is 65.0 Å². The molecule has 0 bridgehead atoms. The van der Waals surface area contributed by atoms with E-state index in [4.69, 9.17) is 5.73 Å². The second-order valence-corrected chi connectivity index (χ2v) is 6.11. The molecule has 2 amide bonds. The van der Waals surface area contributed by atoms with Gasteiger partial charge in [0.1, 0.15) is 0 Å². The molecule has 0 radical (unpaired) electrons. The predicted molar refractivity (Wildman–Crippen MR) is 80.1 cm³/mol. The van der Waals surface area contributed by atoms with Crippen molar-refractivity contribution < 1.29 is 9.59 Å². The van der Waals surface area contributed by atoms with E-state index in [1.54, 1.807) is 0 Å². The summed E-state index contributed by atoms with van der Waals surface area (Å²) in [6, 6.07) is 0.440. The number of nitrogens with one attached hydrogen (secondary N) is 1. The third kappa shape index (κ3) is 5.90. The molecular formula is C15H29N3O2. The second-order valence-electron chi connectivity index (χ2n) is 6.11. The SMILES string of the molecule is CC(=O)NC1CCN(C(=O)C(C)CCCC(C)N)CC1. The summed E-state index contributed by atoms with van der Waals surface area (Å²) in [4.78, 5) is 25.3. The van der Waals surface area contributed by atoms with Gasteiger partial charge >= 0.3 is 0 Å². The zero-order valence-corrected chi connectivity index (χ0v) is 13.0. The third-order valence-electron chi connectivity index (χ3n) is 3.93. The molecule has 1 aliphatic heterocycles. The van der Waals surface area contributed by atoms with Gasteiger partial charge in [-0.2, -0.15) is 0 Å². The number of nitrogens with zero attached hydrogens (tertiary/aromatic N) is 1. The van der Waals surface area contributed by atoms with E-state index in [0.29, 0.717) is 0 Å². The summed E-state index contributed by atoms with van der Waals surface area (Å²) in [6.45, 7) is 7.05. The lowest BCUT2D eigenvalue weighted by Crippen LogP contribution is -2.47. The van der Waals surface area contributed by atoms with E-state index in [0.717, 1.165) is 45.2 Å². The van der Waals surface area contributed by atoms with E-state index in [9.17, 15) is 9.59 Å². The molecule has 1 saturated heterocycles. The van der Waals surface area contributed by atoms with Crippen molar-refractivity contribution >= 4 is 11.8 Å². The molecule has 0 aromatic heterocycles. The molecule has 5 heteroatoms. The molecule has 1 heterocycles. The highest BCUT2D eigenvalue weighted by atomic mass is 16.2. The maximum Gasteiger partial charge on any atom is 0.225 e. The minimum absolute atomic E-state index is 0.0130. The Morgan fingerprint density at radius 2 is 1.85 bits per heavy atom. The number of carbonyl (C=O) groups excluding carboxylic acids is 2. The smallest absolute Gasteiger partial charge is 0.225 e. The maximum atomic E-state index is 12.3. The van der Waals surface area contributed by atoms with Crippen LogP contribution in [0.25, 0.3) is 0 Å². The molecule has 0 aliphatic carbocycles. The minimum atomic E-state index is 0.0130. The van der Waals surface area contributed by atoms with Crippen molar-refractivity contribution in [1.29, 1.82) is 0 Å². The fourth-order valence-corrected chi connectivity index (χ4v) is 2.71. The molecule has 3 N–H and O–H groups in total. The second kappa shape index (κ2) is 8.25. The van der Waals surface area contributed by atoms with Gasteiger partial charge in [0.05, 0.1) is 0 Å². The fraction of sp³-hybridized carbons (Fsp3) is 0.867. The van der Waals surface area contributed by atoms with Crippen LogP contribution >= 0.6 is 0 Å². The van der Waals surface area contributed by atoms with Crippen LogP contribution in [0, 0.1) is 5.92 Å². The average molecular weight is 283 g/mol. The highest BCUT2D eigenvalue weighted by molar-refractivity contribution is 5.78. The topological polar surface area (TPSA) is 75.4 Å². The van der Waals surface area contributed by atoms with E-state index in [1.807, 2.05) is 18.7 Å². The van der Waals surface area contributed by atoms with Crippen molar-refractivity contribution in [3.63, 3.8) is 0 Å². The lowest BCUT2D eigenvalue weighted by molar-refractivity contribution is -0.136. The normalized spacial score (nSPS) is 19.5. The molecule has 0 saturated carbocycles. The first-order valence-corrected chi connectivity index (χ1v) is 7.71. The molecule has 0 aromatic carbocycles. The minimum Gasteiger partial charge on any atom is -0.353 e. The average Bonchev–Trinajstić information content (AvgIpc) is 2.37. The van der Waals surface area contributed by atoms with Crippen LogP contribution in [0.5, 0.6) is 0 Å². The first kappa shape index (κ1) is 17.0. The Kier molecular flexibility index (Phi) is 6.99. The highest BCUT2D eigenvalue weighted by Crippen LogP contribution is 2.17. The first-order valence-electron chi connectivity index (χ1n) is 7.71. The molecule has 5 nitrogen and oxygen atoms in total. The third-order valence-corrected chi connectivity index (χ3v) is 3.93. The Balaban J connectivity index is 2.29. The van der Waals surface area contributed by atoms with Crippen molar-refractivity contribution in [2.75, 3.05) is 13.1 Å². The largest absolute Gasteiger partial charge is 0.353 e. The van der Waals surface area contributed by atoms with Gasteiger partial charge in [-0.05, 0) is 32.6 Å². The molecule has 2 unspecified atom stereocenters. The molecule has 1 rings (SSSR count). The first-order chi connectivity index (χ1) is 9.40. The lowest BCUT2D eigenvalue weighted by Gasteiger charge is -2.33. The predicted octanol–water partition coefficient (Wildman–Crippen LogP) is 1.27. The van der Waals surface area contributed by atoms with Crippen LogP contribution in [0.4, 0.5) is 0 Å². The van der Waals surface area contributed by atoms with Crippen LogP contribution < -0.4 is 11.1 Å². The van der Waals surface area contributed by atoms with Crippen LogP contribution in [-0.2, 0) is 9.59 Å². The summed E-state index contributed by atoms with van der Waals surface area (Å²) in [5.74, 6) is 0.334. The number of rotatable bonds is 6. The number of carbonyl (C=O) groups is 2. The monoisotopic (exact) mass is 283 g/mol. The molecule has 116 valence electrons.